The van der Waals surface area contributed by atoms with E-state index in [-0.39, 0.29) is 35.2 Å². The largest absolute Gasteiger partial charge is 1.00 e. The Hall–Kier alpha value is -2.79. The van der Waals surface area contributed by atoms with Crippen LogP contribution in [0.1, 0.15) is 76.7 Å². The molecule has 49 heavy (non-hydrogen) atoms. The van der Waals surface area contributed by atoms with Gasteiger partial charge in [0.2, 0.25) is 0 Å². The molecular weight excluding hydrogens is 694 g/mol. The average Bonchev–Trinajstić information content (AvgIpc) is 3.01. The first-order valence-electron chi connectivity index (χ1n) is 15.3. The van der Waals surface area contributed by atoms with Crippen molar-refractivity contribution in [3.05, 3.63) is 54.1 Å². The molecule has 0 heterocycles. The van der Waals surface area contributed by atoms with Gasteiger partial charge in [-0.1, -0.05) is 89.0 Å². The van der Waals surface area contributed by atoms with Gasteiger partial charge in [-0.2, -0.15) is 44.3 Å². The predicted octanol–water partition coefficient (Wildman–Crippen LogP) is 6.90. The summed E-state index contributed by atoms with van der Waals surface area (Å²) in [6.45, 7) is 2.19. The van der Waals surface area contributed by atoms with Crippen LogP contribution in [0.15, 0.2) is 68.6 Å². The van der Waals surface area contributed by atoms with Crippen molar-refractivity contribution in [1.82, 2.24) is 0 Å². The first-order chi connectivity index (χ1) is 22.4. The van der Waals surface area contributed by atoms with Gasteiger partial charge < -0.3 is 10.2 Å². The number of phenolic OH excluding ortho intramolecular Hbond substituents is 1. The van der Waals surface area contributed by atoms with Crippen molar-refractivity contribution >= 4 is 43.9 Å². The van der Waals surface area contributed by atoms with Gasteiger partial charge in [0.25, 0.3) is 10.1 Å². The van der Waals surface area contributed by atoms with Crippen LogP contribution in [0.25, 0.3) is 10.8 Å². The number of benzene rings is 3. The second-order valence-corrected chi connectivity index (χ2v) is 12.7. The van der Waals surface area contributed by atoms with Crippen LogP contribution in [0, 0.1) is 0 Å². The number of azo groups is 1. The van der Waals surface area contributed by atoms with Crippen LogP contribution in [0.3, 0.4) is 0 Å². The molecule has 3 aromatic rings. The Morgan fingerprint density at radius 3 is 1.88 bits per heavy atom. The molecule has 0 fully saturated rings. The summed E-state index contributed by atoms with van der Waals surface area (Å²) in [5, 5.41) is 29.2. The molecule has 0 radical (unpaired) electrons. The van der Waals surface area contributed by atoms with Gasteiger partial charge in [-0.05, 0) is 42.7 Å². The normalized spacial score (nSPS) is 13.3. The van der Waals surface area contributed by atoms with Crippen LogP contribution < -0.4 is 34.7 Å². The third kappa shape index (κ3) is 10.8. The van der Waals surface area contributed by atoms with Crippen molar-refractivity contribution in [2.45, 2.75) is 100 Å². The standard InChI is InChI=1S/C32H36F7N3O5S.Na/c1-2-3-4-5-6-7-8-9-10-11-13-21-16-18-22(19-17-21)41-42-27-26(48(45,46)47)20-24-23(28(27)43)14-12-15-25(24)40-29(44)30(33,34)31(35,36)32(37,38)39;/h12,14-20,43H,2-11,13H2,1H3,(H,40,44)(H,45,46,47);/q;+1/p-1. The molecule has 0 spiro atoms. The Labute approximate surface area is 301 Å². The van der Waals surface area contributed by atoms with Crippen molar-refractivity contribution in [2.24, 2.45) is 15.2 Å². The van der Waals surface area contributed by atoms with Gasteiger partial charge >= 0.3 is 47.6 Å². The number of nitrogens with zero attached hydrogens (tertiary/aromatic N) is 3. The zero-order valence-corrected chi connectivity index (χ0v) is 29.7. The number of rotatable bonds is 17. The van der Waals surface area contributed by atoms with Gasteiger partial charge in [-0.15, -0.1) is 5.11 Å². The maximum atomic E-state index is 13.9. The maximum absolute atomic E-state index is 13.9. The van der Waals surface area contributed by atoms with E-state index in [1.165, 1.54) is 44.9 Å². The van der Waals surface area contributed by atoms with E-state index in [1.807, 2.05) is 0 Å². The van der Waals surface area contributed by atoms with E-state index in [9.17, 15) is 53.9 Å². The Morgan fingerprint density at radius 2 is 1.35 bits per heavy atom. The van der Waals surface area contributed by atoms with Gasteiger partial charge in [-0.25, -0.2) is 0 Å². The second kappa shape index (κ2) is 17.9. The van der Waals surface area contributed by atoms with E-state index in [4.69, 9.17) is 0 Å². The molecule has 0 atom stereocenters. The maximum Gasteiger partial charge on any atom is 1.00 e. The molecule has 0 saturated heterocycles. The van der Waals surface area contributed by atoms with E-state index >= 15 is 0 Å². The molecule has 264 valence electrons. The molecule has 17 heteroatoms. The molecule has 0 aliphatic carbocycles. The monoisotopic (exact) mass is 729 g/mol. The van der Waals surface area contributed by atoms with Gasteiger partial charge in [0, 0.05) is 16.7 Å². The zero-order chi connectivity index (χ0) is 35.8. The Morgan fingerprint density at radius 1 is 0.796 bits per heavy atom. The fourth-order valence-electron chi connectivity index (χ4n) is 4.89. The van der Waals surface area contributed by atoms with Crippen molar-refractivity contribution in [3.8, 4) is 5.75 Å². The number of unbranched alkanes of at least 4 members (excludes halogenated alkanes) is 9. The number of hydrogen-bond donors (Lipinski definition) is 2. The topological polar surface area (TPSA) is 135 Å². The van der Waals surface area contributed by atoms with Crippen LogP contribution in [0.5, 0.6) is 5.75 Å². The SMILES string of the molecule is CCCCCCCCCCCCc1ccc(N=Nc2c(S(=O)(=O)O)cc3c(N=C([O-])C(F)(F)C(F)(F)C(F)(F)F)cccc3c2O)cc1.[Na+]. The molecule has 0 bridgehead atoms. The van der Waals surface area contributed by atoms with Crippen LogP contribution in [0.4, 0.5) is 47.8 Å². The molecule has 0 amide bonds. The summed E-state index contributed by atoms with van der Waals surface area (Å²) in [6.07, 6.45) is 6.01. The number of hydrogen-bond acceptors (Lipinski definition) is 7. The summed E-state index contributed by atoms with van der Waals surface area (Å²) >= 11 is 0. The van der Waals surface area contributed by atoms with Gasteiger partial charge in [0.15, 0.2) is 5.75 Å². The van der Waals surface area contributed by atoms with Crippen molar-refractivity contribution in [3.63, 3.8) is 0 Å². The van der Waals surface area contributed by atoms with Crippen LogP contribution in [0.2, 0.25) is 0 Å². The predicted molar refractivity (Wildman–Crippen MR) is 165 cm³/mol. The number of halogens is 7. The Bertz CT molecular complexity index is 1720. The van der Waals surface area contributed by atoms with Crippen molar-refractivity contribution < 1.29 is 83.5 Å². The van der Waals surface area contributed by atoms with Crippen molar-refractivity contribution in [1.29, 1.82) is 0 Å². The Kier molecular flexibility index (Phi) is 15.5. The van der Waals surface area contributed by atoms with Gasteiger partial charge in [0.1, 0.15) is 10.6 Å². The second-order valence-electron chi connectivity index (χ2n) is 11.3. The summed E-state index contributed by atoms with van der Waals surface area (Å²) < 4.78 is 126. The molecule has 0 aromatic heterocycles. The summed E-state index contributed by atoms with van der Waals surface area (Å²) in [5.41, 5.74) is -0.566. The van der Waals surface area contributed by atoms with Crippen molar-refractivity contribution in [2.75, 3.05) is 0 Å². The summed E-state index contributed by atoms with van der Waals surface area (Å²) in [5.74, 6) is -17.3. The third-order valence-corrected chi connectivity index (χ3v) is 8.48. The van der Waals surface area contributed by atoms with E-state index in [0.29, 0.717) is 12.1 Å². The van der Waals surface area contributed by atoms with Crippen LogP contribution >= 0.6 is 0 Å². The number of phenols is 1. The van der Waals surface area contributed by atoms with Gasteiger partial charge in [0.05, 0.1) is 11.4 Å². The summed E-state index contributed by atoms with van der Waals surface area (Å²) in [7, 11) is -5.26. The molecule has 0 aliphatic rings. The fraction of sp³-hybridized carbons (Fsp3) is 0.469. The molecule has 0 unspecified atom stereocenters. The number of aromatic hydroxyl groups is 1. The number of fused-ring (bicyclic) bond motifs is 1. The van der Waals surface area contributed by atoms with Crippen LogP contribution in [-0.4, -0.2) is 42.0 Å². The Balaban J connectivity index is 0.00000833. The molecule has 3 rings (SSSR count). The molecule has 8 nitrogen and oxygen atoms in total. The van der Waals surface area contributed by atoms with E-state index in [0.717, 1.165) is 43.4 Å². The minimum atomic E-state index is -6.80. The smallest absolute Gasteiger partial charge is 0.857 e. The third-order valence-electron chi connectivity index (χ3n) is 7.61. The minimum absolute atomic E-state index is 0. The van der Waals surface area contributed by atoms with Crippen LogP contribution in [-0.2, 0) is 16.5 Å². The van der Waals surface area contributed by atoms with E-state index in [2.05, 4.69) is 22.1 Å². The molecule has 0 aliphatic heterocycles. The number of aryl methyl sites for hydroxylation is 1. The van der Waals surface area contributed by atoms with E-state index < -0.39 is 66.8 Å². The first-order valence-corrected chi connectivity index (χ1v) is 16.7. The molecule has 2 N–H and O–H groups in total. The summed E-state index contributed by atoms with van der Waals surface area (Å²) in [4.78, 5) is 1.53. The molecule has 3 aromatic carbocycles. The number of aliphatic imine (C=N–C) groups is 1. The van der Waals surface area contributed by atoms with E-state index in [1.54, 1.807) is 24.3 Å². The minimum Gasteiger partial charge on any atom is -0.857 e. The number of alkyl halides is 7. The fourth-order valence-corrected chi connectivity index (χ4v) is 5.54. The summed E-state index contributed by atoms with van der Waals surface area (Å²) in [6, 6.07) is 10.0. The first kappa shape index (κ1) is 42.4. The zero-order valence-electron chi connectivity index (χ0n) is 26.9. The quantitative estimate of drug-likeness (QED) is 0.0297. The molecule has 0 saturated carbocycles. The van der Waals surface area contributed by atoms with Gasteiger partial charge in [-0.3, -0.25) is 9.55 Å². The average molecular weight is 730 g/mol. The molecular formula is C32H35F7N3NaO5S.